The molecule has 2 N–H and O–H groups in total. The van der Waals surface area contributed by atoms with E-state index in [2.05, 4.69) is 5.32 Å². The van der Waals surface area contributed by atoms with Crippen LogP contribution in [-0.2, 0) is 4.79 Å². The first kappa shape index (κ1) is 13.5. The highest BCUT2D eigenvalue weighted by atomic mass is 16.4. The zero-order valence-electron chi connectivity index (χ0n) is 10.1. The fourth-order valence-electron chi connectivity index (χ4n) is 1.45. The van der Waals surface area contributed by atoms with Gasteiger partial charge in [0.1, 0.15) is 6.42 Å². The number of nitrogens with zero attached hydrogens (tertiary/aromatic N) is 2. The minimum Gasteiger partial charge on any atom is -0.478 e. The molecule has 1 aromatic rings. The Morgan fingerprint density at radius 3 is 2.61 bits per heavy atom. The van der Waals surface area contributed by atoms with Gasteiger partial charge in [-0.15, -0.1) is 0 Å². The van der Waals surface area contributed by atoms with Gasteiger partial charge in [-0.1, -0.05) is 0 Å². The van der Waals surface area contributed by atoms with Gasteiger partial charge in [-0.05, 0) is 18.2 Å². The predicted octanol–water partition coefficient (Wildman–Crippen LogP) is 1.30. The van der Waals surface area contributed by atoms with Crippen LogP contribution in [-0.4, -0.2) is 31.1 Å². The third kappa shape index (κ3) is 3.22. The monoisotopic (exact) mass is 247 g/mol. The van der Waals surface area contributed by atoms with E-state index in [4.69, 9.17) is 10.4 Å². The lowest BCUT2D eigenvalue weighted by atomic mass is 10.1. The van der Waals surface area contributed by atoms with E-state index in [1.54, 1.807) is 37.2 Å². The molecule has 0 heterocycles. The summed E-state index contributed by atoms with van der Waals surface area (Å²) in [6.07, 6.45) is -0.266. The van der Waals surface area contributed by atoms with Crippen molar-refractivity contribution in [3.63, 3.8) is 0 Å². The second-order valence-electron chi connectivity index (χ2n) is 3.81. The largest absolute Gasteiger partial charge is 0.478 e. The van der Waals surface area contributed by atoms with Crippen molar-refractivity contribution in [2.45, 2.75) is 6.42 Å². The normalized spacial score (nSPS) is 9.39. The van der Waals surface area contributed by atoms with E-state index in [9.17, 15) is 9.59 Å². The van der Waals surface area contributed by atoms with Gasteiger partial charge in [-0.2, -0.15) is 5.26 Å². The number of nitriles is 1. The van der Waals surface area contributed by atoms with E-state index < -0.39 is 11.9 Å². The van der Waals surface area contributed by atoms with E-state index in [1.807, 2.05) is 0 Å². The lowest BCUT2D eigenvalue weighted by molar-refractivity contribution is -0.115. The standard InChI is InChI=1S/C12H13N3O3/c1-15(2)10-4-3-8(7-9(10)12(17)18)14-11(16)5-6-13/h3-4,7H,5H2,1-2H3,(H,14,16)(H,17,18). The number of nitrogens with one attached hydrogen (secondary N) is 1. The molecule has 0 fully saturated rings. The Morgan fingerprint density at radius 2 is 2.11 bits per heavy atom. The summed E-state index contributed by atoms with van der Waals surface area (Å²) in [5.41, 5.74) is 0.994. The molecule has 0 aliphatic rings. The molecule has 6 heteroatoms. The van der Waals surface area contributed by atoms with Crippen molar-refractivity contribution in [3.05, 3.63) is 23.8 Å². The highest BCUT2D eigenvalue weighted by molar-refractivity contribution is 5.98. The fourth-order valence-corrected chi connectivity index (χ4v) is 1.45. The van der Waals surface area contributed by atoms with Gasteiger partial charge in [0.25, 0.3) is 0 Å². The summed E-state index contributed by atoms with van der Waals surface area (Å²) in [7, 11) is 3.46. The molecular formula is C12H13N3O3. The highest BCUT2D eigenvalue weighted by Gasteiger charge is 2.13. The molecule has 0 saturated heterocycles. The Morgan fingerprint density at radius 1 is 1.44 bits per heavy atom. The third-order valence-corrected chi connectivity index (χ3v) is 2.23. The van der Waals surface area contributed by atoms with Gasteiger partial charge < -0.3 is 15.3 Å². The average Bonchev–Trinajstić information content (AvgIpc) is 2.28. The van der Waals surface area contributed by atoms with Crippen LogP contribution in [0.15, 0.2) is 18.2 Å². The molecule has 1 rings (SSSR count). The quantitative estimate of drug-likeness (QED) is 0.836. The van der Waals surface area contributed by atoms with Gasteiger partial charge >= 0.3 is 5.97 Å². The second-order valence-corrected chi connectivity index (χ2v) is 3.81. The van der Waals surface area contributed by atoms with Crippen LogP contribution in [0.3, 0.4) is 0 Å². The molecule has 94 valence electrons. The van der Waals surface area contributed by atoms with Gasteiger partial charge in [0, 0.05) is 19.8 Å². The molecular weight excluding hydrogens is 234 g/mol. The van der Waals surface area contributed by atoms with Crippen LogP contribution in [0.5, 0.6) is 0 Å². The molecule has 0 spiro atoms. The summed E-state index contributed by atoms with van der Waals surface area (Å²) < 4.78 is 0. The number of rotatable bonds is 4. The number of aromatic carboxylic acids is 1. The SMILES string of the molecule is CN(C)c1ccc(NC(=O)CC#N)cc1C(=O)O. The summed E-state index contributed by atoms with van der Waals surface area (Å²) >= 11 is 0. The maximum Gasteiger partial charge on any atom is 0.337 e. The Hall–Kier alpha value is -2.55. The van der Waals surface area contributed by atoms with Crippen LogP contribution in [0.25, 0.3) is 0 Å². The van der Waals surface area contributed by atoms with Gasteiger partial charge in [-0.3, -0.25) is 4.79 Å². The van der Waals surface area contributed by atoms with Crippen LogP contribution < -0.4 is 10.2 Å². The lowest BCUT2D eigenvalue weighted by Crippen LogP contribution is -2.15. The molecule has 1 amide bonds. The maximum absolute atomic E-state index is 11.2. The summed E-state index contributed by atoms with van der Waals surface area (Å²) in [6, 6.07) is 6.28. The van der Waals surface area contributed by atoms with E-state index in [0.717, 1.165) is 0 Å². The van der Waals surface area contributed by atoms with Gasteiger partial charge in [-0.25, -0.2) is 4.79 Å². The van der Waals surface area contributed by atoms with E-state index in [1.165, 1.54) is 6.07 Å². The molecule has 0 unspecified atom stereocenters. The summed E-state index contributed by atoms with van der Waals surface area (Å²) in [6.45, 7) is 0. The number of carbonyl (C=O) groups excluding carboxylic acids is 1. The molecule has 0 atom stereocenters. The zero-order chi connectivity index (χ0) is 13.7. The molecule has 6 nitrogen and oxygen atoms in total. The van der Waals surface area contributed by atoms with Gasteiger partial charge in [0.15, 0.2) is 0 Å². The number of hydrogen-bond donors (Lipinski definition) is 2. The number of carboxylic acid groups (broad SMARTS) is 1. The van der Waals surface area contributed by atoms with Crippen molar-refractivity contribution in [1.29, 1.82) is 5.26 Å². The number of carbonyl (C=O) groups is 2. The van der Waals surface area contributed by atoms with Crippen LogP contribution in [0, 0.1) is 11.3 Å². The first-order valence-electron chi connectivity index (χ1n) is 5.17. The average molecular weight is 247 g/mol. The molecule has 0 aliphatic heterocycles. The predicted molar refractivity (Wildman–Crippen MR) is 66.6 cm³/mol. The van der Waals surface area contributed by atoms with Crippen LogP contribution in [0.4, 0.5) is 11.4 Å². The molecule has 0 radical (unpaired) electrons. The summed E-state index contributed by atoms with van der Waals surface area (Å²) in [4.78, 5) is 24.0. The smallest absolute Gasteiger partial charge is 0.337 e. The van der Waals surface area contributed by atoms with Gasteiger partial charge in [0.2, 0.25) is 5.91 Å². The molecule has 0 aromatic heterocycles. The number of anilines is 2. The Balaban J connectivity index is 3.05. The number of hydrogen-bond acceptors (Lipinski definition) is 4. The number of amides is 1. The number of benzene rings is 1. The van der Waals surface area contributed by atoms with E-state index >= 15 is 0 Å². The highest BCUT2D eigenvalue weighted by Crippen LogP contribution is 2.22. The Bertz CT molecular complexity index is 518. The molecule has 0 bridgehead atoms. The second kappa shape index (κ2) is 5.68. The first-order chi connectivity index (χ1) is 8.45. The van der Waals surface area contributed by atoms with Crippen molar-refractivity contribution >= 4 is 23.3 Å². The first-order valence-corrected chi connectivity index (χ1v) is 5.17. The minimum atomic E-state index is -1.07. The molecule has 0 saturated carbocycles. The topological polar surface area (TPSA) is 93.4 Å². The molecule has 1 aromatic carbocycles. The maximum atomic E-state index is 11.2. The Labute approximate surface area is 104 Å². The summed E-state index contributed by atoms with van der Waals surface area (Å²) in [5.74, 6) is -1.54. The molecule has 0 aliphatic carbocycles. The Kier molecular flexibility index (Phi) is 4.27. The van der Waals surface area contributed by atoms with Crippen molar-refractivity contribution in [2.75, 3.05) is 24.3 Å². The third-order valence-electron chi connectivity index (χ3n) is 2.23. The van der Waals surface area contributed by atoms with Crippen LogP contribution >= 0.6 is 0 Å². The van der Waals surface area contributed by atoms with Crippen molar-refractivity contribution in [1.82, 2.24) is 0 Å². The van der Waals surface area contributed by atoms with Crippen molar-refractivity contribution < 1.29 is 14.7 Å². The number of carboxylic acids is 1. The van der Waals surface area contributed by atoms with E-state index in [0.29, 0.717) is 11.4 Å². The van der Waals surface area contributed by atoms with Crippen LogP contribution in [0.1, 0.15) is 16.8 Å². The molecule has 18 heavy (non-hydrogen) atoms. The summed E-state index contributed by atoms with van der Waals surface area (Å²) in [5, 5.41) is 19.9. The minimum absolute atomic E-state index is 0.0924. The zero-order valence-corrected chi connectivity index (χ0v) is 10.1. The van der Waals surface area contributed by atoms with Crippen LogP contribution in [0.2, 0.25) is 0 Å². The van der Waals surface area contributed by atoms with Gasteiger partial charge in [0.05, 0.1) is 17.3 Å². The fraction of sp³-hybridized carbons (Fsp3) is 0.250. The van der Waals surface area contributed by atoms with Crippen molar-refractivity contribution in [2.24, 2.45) is 0 Å². The van der Waals surface area contributed by atoms with E-state index in [-0.39, 0.29) is 12.0 Å². The van der Waals surface area contributed by atoms with Crippen molar-refractivity contribution in [3.8, 4) is 6.07 Å². The lowest BCUT2D eigenvalue weighted by Gasteiger charge is -2.16.